The molecule has 0 saturated carbocycles. The second-order valence-corrected chi connectivity index (χ2v) is 3.04. The maximum Gasteiger partial charge on any atom is 0.202 e. The summed E-state index contributed by atoms with van der Waals surface area (Å²) in [6.45, 7) is 3.52. The molecule has 1 aromatic heterocycles. The largest absolute Gasteiger partial charge is 0.383 e. The molecule has 0 aliphatic heterocycles. The summed E-state index contributed by atoms with van der Waals surface area (Å²) in [4.78, 5) is 4.24. The lowest BCUT2D eigenvalue weighted by molar-refractivity contribution is 0.211. The molecule has 0 spiro atoms. The van der Waals surface area contributed by atoms with Gasteiger partial charge in [0.1, 0.15) is 5.82 Å². The Morgan fingerprint density at radius 3 is 3.00 bits per heavy atom. The SMILES string of the molecule is CCc1nsc(NCCOC)n1. The van der Waals surface area contributed by atoms with E-state index in [9.17, 15) is 0 Å². The molecule has 0 fully saturated rings. The second kappa shape index (κ2) is 5.05. The van der Waals surface area contributed by atoms with Gasteiger partial charge in [0.05, 0.1) is 6.61 Å². The van der Waals surface area contributed by atoms with E-state index in [1.807, 2.05) is 6.92 Å². The Balaban J connectivity index is 2.31. The Labute approximate surface area is 76.1 Å². The normalized spacial score (nSPS) is 10.2. The first kappa shape index (κ1) is 9.41. The summed E-state index contributed by atoms with van der Waals surface area (Å²) in [5.41, 5.74) is 0. The zero-order chi connectivity index (χ0) is 8.81. The highest BCUT2D eigenvalue weighted by Gasteiger charge is 1.99. The van der Waals surface area contributed by atoms with Crippen LogP contribution in [0.1, 0.15) is 12.7 Å². The first-order valence-corrected chi connectivity index (χ1v) is 4.69. The molecule has 5 heteroatoms. The molecule has 0 aromatic carbocycles. The van der Waals surface area contributed by atoms with E-state index in [1.165, 1.54) is 11.5 Å². The van der Waals surface area contributed by atoms with Gasteiger partial charge in [-0.2, -0.15) is 4.37 Å². The monoisotopic (exact) mass is 187 g/mol. The summed E-state index contributed by atoms with van der Waals surface area (Å²) in [5.74, 6) is 0.903. The van der Waals surface area contributed by atoms with E-state index in [1.54, 1.807) is 7.11 Å². The molecule has 0 bridgehead atoms. The summed E-state index contributed by atoms with van der Waals surface area (Å²) in [6.07, 6.45) is 0.891. The van der Waals surface area contributed by atoms with E-state index in [0.29, 0.717) is 6.61 Å². The van der Waals surface area contributed by atoms with Gasteiger partial charge in [0, 0.05) is 31.6 Å². The molecule has 68 valence electrons. The number of nitrogens with one attached hydrogen (secondary N) is 1. The summed E-state index contributed by atoms with van der Waals surface area (Å²) >= 11 is 1.40. The van der Waals surface area contributed by atoms with Crippen molar-refractivity contribution < 1.29 is 4.74 Å². The molecule has 0 aliphatic rings. The van der Waals surface area contributed by atoms with Gasteiger partial charge in [-0.25, -0.2) is 4.98 Å². The van der Waals surface area contributed by atoms with E-state index in [4.69, 9.17) is 4.74 Å². The van der Waals surface area contributed by atoms with Gasteiger partial charge in [0.15, 0.2) is 0 Å². The Kier molecular flexibility index (Phi) is 3.96. The average molecular weight is 187 g/mol. The van der Waals surface area contributed by atoms with Crippen LogP contribution >= 0.6 is 11.5 Å². The minimum Gasteiger partial charge on any atom is -0.383 e. The van der Waals surface area contributed by atoms with E-state index in [2.05, 4.69) is 14.7 Å². The Morgan fingerprint density at radius 1 is 1.58 bits per heavy atom. The number of aromatic nitrogens is 2. The maximum atomic E-state index is 4.89. The summed E-state index contributed by atoms with van der Waals surface area (Å²) < 4.78 is 9.03. The molecular formula is C7H13N3OS. The van der Waals surface area contributed by atoms with Gasteiger partial charge < -0.3 is 10.1 Å². The zero-order valence-electron chi connectivity index (χ0n) is 7.33. The highest BCUT2D eigenvalue weighted by Crippen LogP contribution is 2.10. The van der Waals surface area contributed by atoms with E-state index < -0.39 is 0 Å². The van der Waals surface area contributed by atoms with Crippen molar-refractivity contribution >= 4 is 16.7 Å². The van der Waals surface area contributed by atoms with Crippen LogP contribution in [0.25, 0.3) is 0 Å². The molecule has 0 amide bonds. The van der Waals surface area contributed by atoms with Gasteiger partial charge >= 0.3 is 0 Å². The highest BCUT2D eigenvalue weighted by molar-refractivity contribution is 7.09. The first-order chi connectivity index (χ1) is 5.86. The van der Waals surface area contributed by atoms with Crippen molar-refractivity contribution in [3.05, 3.63) is 5.82 Å². The maximum absolute atomic E-state index is 4.89. The number of nitrogens with zero attached hydrogens (tertiary/aromatic N) is 2. The fourth-order valence-electron chi connectivity index (χ4n) is 0.729. The molecule has 1 rings (SSSR count). The zero-order valence-corrected chi connectivity index (χ0v) is 8.15. The molecule has 4 nitrogen and oxygen atoms in total. The van der Waals surface area contributed by atoms with Gasteiger partial charge in [-0.05, 0) is 0 Å². The minimum atomic E-state index is 0.695. The highest BCUT2D eigenvalue weighted by atomic mass is 32.1. The van der Waals surface area contributed by atoms with Crippen LogP contribution in [0.2, 0.25) is 0 Å². The number of rotatable bonds is 5. The van der Waals surface area contributed by atoms with Crippen molar-refractivity contribution in [2.75, 3.05) is 25.6 Å². The van der Waals surface area contributed by atoms with Gasteiger partial charge in [-0.3, -0.25) is 0 Å². The number of aryl methyl sites for hydroxylation is 1. The van der Waals surface area contributed by atoms with Gasteiger partial charge in [-0.1, -0.05) is 6.92 Å². The number of ether oxygens (including phenoxy) is 1. The molecule has 0 unspecified atom stereocenters. The Bertz CT molecular complexity index is 226. The number of anilines is 1. The molecular weight excluding hydrogens is 174 g/mol. The molecule has 0 radical (unpaired) electrons. The van der Waals surface area contributed by atoms with Crippen molar-refractivity contribution in [1.82, 2.24) is 9.36 Å². The fraction of sp³-hybridized carbons (Fsp3) is 0.714. The summed E-state index contributed by atoms with van der Waals surface area (Å²) in [5, 5.41) is 4.00. The fourth-order valence-corrected chi connectivity index (χ4v) is 1.40. The topological polar surface area (TPSA) is 47.0 Å². The standard InChI is InChI=1S/C7H13N3OS/c1-3-6-9-7(12-10-6)8-4-5-11-2/h3-5H2,1-2H3,(H,8,9,10). The van der Waals surface area contributed by atoms with Crippen LogP contribution in [0, 0.1) is 0 Å². The van der Waals surface area contributed by atoms with E-state index >= 15 is 0 Å². The molecule has 1 heterocycles. The van der Waals surface area contributed by atoms with Crippen LogP contribution in [0.15, 0.2) is 0 Å². The number of hydrogen-bond donors (Lipinski definition) is 1. The lowest BCUT2D eigenvalue weighted by atomic mass is 10.5. The van der Waals surface area contributed by atoms with Crippen molar-refractivity contribution in [3.63, 3.8) is 0 Å². The van der Waals surface area contributed by atoms with Crippen LogP contribution in [0.5, 0.6) is 0 Å². The quantitative estimate of drug-likeness (QED) is 0.703. The third kappa shape index (κ3) is 2.75. The van der Waals surface area contributed by atoms with Crippen LogP contribution < -0.4 is 5.32 Å². The van der Waals surface area contributed by atoms with Crippen LogP contribution in [0.3, 0.4) is 0 Å². The van der Waals surface area contributed by atoms with Crippen LogP contribution in [-0.4, -0.2) is 29.6 Å². The lowest BCUT2D eigenvalue weighted by Crippen LogP contribution is -2.07. The third-order valence-corrected chi connectivity index (χ3v) is 2.08. The van der Waals surface area contributed by atoms with Crippen molar-refractivity contribution in [2.45, 2.75) is 13.3 Å². The van der Waals surface area contributed by atoms with Crippen LogP contribution in [-0.2, 0) is 11.2 Å². The molecule has 0 aliphatic carbocycles. The Hall–Kier alpha value is -0.680. The Morgan fingerprint density at radius 2 is 2.42 bits per heavy atom. The van der Waals surface area contributed by atoms with Crippen LogP contribution in [0.4, 0.5) is 5.13 Å². The molecule has 1 N–H and O–H groups in total. The predicted octanol–water partition coefficient (Wildman–Crippen LogP) is 1.16. The minimum absolute atomic E-state index is 0.695. The summed E-state index contributed by atoms with van der Waals surface area (Å²) in [7, 11) is 1.68. The lowest BCUT2D eigenvalue weighted by Gasteiger charge is -1.98. The van der Waals surface area contributed by atoms with Crippen molar-refractivity contribution in [1.29, 1.82) is 0 Å². The smallest absolute Gasteiger partial charge is 0.202 e. The average Bonchev–Trinajstić information content (AvgIpc) is 2.53. The second-order valence-electron chi connectivity index (χ2n) is 2.29. The molecule has 0 saturated heterocycles. The van der Waals surface area contributed by atoms with E-state index in [-0.39, 0.29) is 0 Å². The van der Waals surface area contributed by atoms with Gasteiger partial charge in [0.2, 0.25) is 5.13 Å². The van der Waals surface area contributed by atoms with E-state index in [0.717, 1.165) is 23.9 Å². The molecule has 1 aromatic rings. The van der Waals surface area contributed by atoms with Crippen molar-refractivity contribution in [2.24, 2.45) is 0 Å². The number of hydrogen-bond acceptors (Lipinski definition) is 5. The molecule has 12 heavy (non-hydrogen) atoms. The summed E-state index contributed by atoms with van der Waals surface area (Å²) in [6, 6.07) is 0. The van der Waals surface area contributed by atoms with Gasteiger partial charge in [-0.15, -0.1) is 0 Å². The number of methoxy groups -OCH3 is 1. The van der Waals surface area contributed by atoms with Gasteiger partial charge in [0.25, 0.3) is 0 Å². The first-order valence-electron chi connectivity index (χ1n) is 3.92. The third-order valence-electron chi connectivity index (χ3n) is 1.37. The predicted molar refractivity (Wildman–Crippen MR) is 49.7 cm³/mol. The molecule has 0 atom stereocenters. The van der Waals surface area contributed by atoms with Crippen molar-refractivity contribution in [3.8, 4) is 0 Å².